The molecule has 0 aliphatic rings. The molecule has 8 heteroatoms. The highest BCUT2D eigenvalue weighted by Gasteiger charge is 2.14. The molecule has 2 rings (SSSR count). The van der Waals surface area contributed by atoms with E-state index >= 15 is 0 Å². The fourth-order valence-corrected chi connectivity index (χ4v) is 3.01. The van der Waals surface area contributed by atoms with Crippen molar-refractivity contribution >= 4 is 34.8 Å². The van der Waals surface area contributed by atoms with E-state index in [1.165, 1.54) is 6.92 Å². The van der Waals surface area contributed by atoms with Crippen LogP contribution in [0, 0.1) is 25.2 Å². The van der Waals surface area contributed by atoms with Gasteiger partial charge in [-0.15, -0.1) is 0 Å². The number of anilines is 2. The first-order chi connectivity index (χ1) is 12.8. The average Bonchev–Trinajstić information content (AvgIpc) is 2.87. The minimum atomic E-state index is -0.233. The number of nitrogens with one attached hydrogen (secondary N) is 2. The first-order valence-corrected chi connectivity index (χ1v) is 8.96. The Morgan fingerprint density at radius 3 is 2.67 bits per heavy atom. The number of halogens is 1. The third-order valence-corrected chi connectivity index (χ3v) is 4.37. The number of hydrogen-bond donors (Lipinski definition) is 2. The number of aryl methyl sites for hydroxylation is 2. The van der Waals surface area contributed by atoms with Gasteiger partial charge in [0.05, 0.1) is 36.1 Å². The standard InChI is InChI=1S/C19H22ClN5O2/c1-12-16(13(2)25(24-12)10-4-9-21)6-8-19(27)23-18-11-15(20)5-7-17(18)22-14(3)26/h5,7,11H,4,6,8,10H2,1-3H3,(H,22,26)(H,23,27). The van der Waals surface area contributed by atoms with Crippen LogP contribution in [-0.2, 0) is 22.6 Å². The summed E-state index contributed by atoms with van der Waals surface area (Å²) in [5.74, 6) is -0.420. The van der Waals surface area contributed by atoms with E-state index in [0.29, 0.717) is 35.8 Å². The Morgan fingerprint density at radius 1 is 1.26 bits per heavy atom. The van der Waals surface area contributed by atoms with Gasteiger partial charge in [0.1, 0.15) is 0 Å². The summed E-state index contributed by atoms with van der Waals surface area (Å²) in [7, 11) is 0. The normalized spacial score (nSPS) is 10.3. The van der Waals surface area contributed by atoms with Gasteiger partial charge in [-0.1, -0.05) is 11.6 Å². The van der Waals surface area contributed by atoms with Crippen LogP contribution in [0.25, 0.3) is 0 Å². The predicted octanol–water partition coefficient (Wildman–Crippen LogP) is 3.60. The number of nitrogens with zero attached hydrogens (tertiary/aromatic N) is 3. The van der Waals surface area contributed by atoms with Gasteiger partial charge in [0, 0.05) is 24.1 Å². The number of carbonyl (C=O) groups is 2. The summed E-state index contributed by atoms with van der Waals surface area (Å²) >= 11 is 6.00. The Bertz CT molecular complexity index is 898. The fourth-order valence-electron chi connectivity index (χ4n) is 2.84. The van der Waals surface area contributed by atoms with Gasteiger partial charge in [-0.2, -0.15) is 10.4 Å². The minimum absolute atomic E-state index is 0.188. The van der Waals surface area contributed by atoms with Crippen molar-refractivity contribution in [3.05, 3.63) is 40.2 Å². The Hall–Kier alpha value is -2.85. The number of nitriles is 1. The van der Waals surface area contributed by atoms with E-state index in [4.69, 9.17) is 16.9 Å². The second-order valence-electron chi connectivity index (χ2n) is 6.20. The number of aromatic nitrogens is 2. The van der Waals surface area contributed by atoms with Crippen LogP contribution >= 0.6 is 11.6 Å². The first kappa shape index (κ1) is 20.5. The lowest BCUT2D eigenvalue weighted by Gasteiger charge is -2.12. The van der Waals surface area contributed by atoms with Crippen molar-refractivity contribution in [2.24, 2.45) is 0 Å². The molecule has 0 spiro atoms. The summed E-state index contributed by atoms with van der Waals surface area (Å²) in [6.07, 6.45) is 1.19. The highest BCUT2D eigenvalue weighted by atomic mass is 35.5. The van der Waals surface area contributed by atoms with Crippen molar-refractivity contribution in [1.29, 1.82) is 5.26 Å². The molecule has 2 amide bonds. The van der Waals surface area contributed by atoms with Crippen LogP contribution in [0.2, 0.25) is 5.02 Å². The third kappa shape index (κ3) is 5.56. The van der Waals surface area contributed by atoms with Gasteiger partial charge in [-0.3, -0.25) is 14.3 Å². The Labute approximate surface area is 163 Å². The molecule has 0 fully saturated rings. The molecular weight excluding hydrogens is 366 g/mol. The van der Waals surface area contributed by atoms with Gasteiger partial charge in [-0.05, 0) is 44.0 Å². The molecular formula is C19H22ClN5O2. The quantitative estimate of drug-likeness (QED) is 0.758. The van der Waals surface area contributed by atoms with Gasteiger partial charge >= 0.3 is 0 Å². The van der Waals surface area contributed by atoms with E-state index in [9.17, 15) is 9.59 Å². The molecule has 2 aromatic rings. The van der Waals surface area contributed by atoms with Crippen LogP contribution in [0.4, 0.5) is 11.4 Å². The lowest BCUT2D eigenvalue weighted by atomic mass is 10.1. The van der Waals surface area contributed by atoms with E-state index in [1.807, 2.05) is 13.8 Å². The molecule has 2 N–H and O–H groups in total. The van der Waals surface area contributed by atoms with Gasteiger partial charge in [0.25, 0.3) is 0 Å². The van der Waals surface area contributed by atoms with Gasteiger partial charge in [-0.25, -0.2) is 0 Å². The molecule has 0 unspecified atom stereocenters. The lowest BCUT2D eigenvalue weighted by Crippen LogP contribution is -2.15. The highest BCUT2D eigenvalue weighted by Crippen LogP contribution is 2.26. The predicted molar refractivity (Wildman–Crippen MR) is 105 cm³/mol. The van der Waals surface area contributed by atoms with Gasteiger partial charge in [0.2, 0.25) is 11.8 Å². The van der Waals surface area contributed by atoms with Crippen molar-refractivity contribution in [2.75, 3.05) is 10.6 Å². The molecule has 0 saturated carbocycles. The third-order valence-electron chi connectivity index (χ3n) is 4.14. The zero-order valence-electron chi connectivity index (χ0n) is 15.6. The van der Waals surface area contributed by atoms with Crippen LogP contribution in [0.15, 0.2) is 18.2 Å². The van der Waals surface area contributed by atoms with Gasteiger partial charge < -0.3 is 10.6 Å². The largest absolute Gasteiger partial charge is 0.325 e. The Morgan fingerprint density at radius 2 is 2.00 bits per heavy atom. The number of hydrogen-bond acceptors (Lipinski definition) is 4. The van der Waals surface area contributed by atoms with E-state index < -0.39 is 0 Å². The Balaban J connectivity index is 2.05. The minimum Gasteiger partial charge on any atom is -0.325 e. The maximum absolute atomic E-state index is 12.4. The second kappa shape index (κ2) is 9.19. The SMILES string of the molecule is CC(=O)Nc1ccc(Cl)cc1NC(=O)CCc1c(C)nn(CCC#N)c1C. The van der Waals surface area contributed by atoms with E-state index in [1.54, 1.807) is 22.9 Å². The molecule has 0 radical (unpaired) electrons. The van der Waals surface area contributed by atoms with Crippen molar-refractivity contribution < 1.29 is 9.59 Å². The molecule has 0 bridgehead atoms. The van der Waals surface area contributed by atoms with Crippen LogP contribution in [0.3, 0.4) is 0 Å². The lowest BCUT2D eigenvalue weighted by molar-refractivity contribution is -0.116. The van der Waals surface area contributed by atoms with Crippen LogP contribution in [0.5, 0.6) is 0 Å². The number of amides is 2. The molecule has 0 atom stereocenters. The molecule has 0 saturated heterocycles. The molecule has 0 aliphatic heterocycles. The Kier molecular flexibility index (Phi) is 6.97. The van der Waals surface area contributed by atoms with Crippen molar-refractivity contribution in [1.82, 2.24) is 9.78 Å². The summed E-state index contributed by atoms with van der Waals surface area (Å²) in [6.45, 7) is 5.78. The molecule has 0 aliphatic carbocycles. The van der Waals surface area contributed by atoms with Crippen molar-refractivity contribution in [3.63, 3.8) is 0 Å². The topological polar surface area (TPSA) is 99.8 Å². The van der Waals surface area contributed by atoms with Crippen molar-refractivity contribution in [3.8, 4) is 6.07 Å². The zero-order valence-corrected chi connectivity index (χ0v) is 16.4. The van der Waals surface area contributed by atoms with Crippen LogP contribution < -0.4 is 10.6 Å². The van der Waals surface area contributed by atoms with E-state index in [0.717, 1.165) is 17.0 Å². The monoisotopic (exact) mass is 387 g/mol. The van der Waals surface area contributed by atoms with Crippen LogP contribution in [-0.4, -0.2) is 21.6 Å². The first-order valence-electron chi connectivity index (χ1n) is 8.58. The molecule has 1 aromatic heterocycles. The summed E-state index contributed by atoms with van der Waals surface area (Å²) in [6, 6.07) is 6.99. The maximum atomic E-state index is 12.4. The molecule has 142 valence electrons. The van der Waals surface area contributed by atoms with Gasteiger partial charge in [0.15, 0.2) is 0 Å². The number of benzene rings is 1. The summed E-state index contributed by atoms with van der Waals surface area (Å²) in [5.41, 5.74) is 3.80. The molecule has 1 aromatic carbocycles. The smallest absolute Gasteiger partial charge is 0.224 e. The van der Waals surface area contributed by atoms with Crippen LogP contribution in [0.1, 0.15) is 36.7 Å². The summed E-state index contributed by atoms with van der Waals surface area (Å²) in [5, 5.41) is 19.1. The van der Waals surface area contributed by atoms with E-state index in [-0.39, 0.29) is 18.2 Å². The summed E-state index contributed by atoms with van der Waals surface area (Å²) < 4.78 is 1.80. The zero-order chi connectivity index (χ0) is 20.0. The number of rotatable bonds is 7. The maximum Gasteiger partial charge on any atom is 0.224 e. The second-order valence-corrected chi connectivity index (χ2v) is 6.64. The highest BCUT2D eigenvalue weighted by molar-refractivity contribution is 6.31. The molecule has 27 heavy (non-hydrogen) atoms. The summed E-state index contributed by atoms with van der Waals surface area (Å²) in [4.78, 5) is 23.7. The fraction of sp³-hybridized carbons (Fsp3) is 0.368. The number of carbonyl (C=O) groups excluding carboxylic acids is 2. The van der Waals surface area contributed by atoms with E-state index in [2.05, 4.69) is 21.8 Å². The molecule has 1 heterocycles. The van der Waals surface area contributed by atoms with Crippen molar-refractivity contribution in [2.45, 2.75) is 46.6 Å². The molecule has 7 nitrogen and oxygen atoms in total. The average molecular weight is 388 g/mol.